The Morgan fingerprint density at radius 1 is 1.42 bits per heavy atom. The van der Waals surface area contributed by atoms with E-state index in [1.54, 1.807) is 0 Å². The molecule has 1 aromatic heterocycles. The highest BCUT2D eigenvalue weighted by Gasteiger charge is 2.32. The van der Waals surface area contributed by atoms with Gasteiger partial charge in [0.25, 0.3) is 0 Å². The van der Waals surface area contributed by atoms with Gasteiger partial charge in [-0.1, -0.05) is 19.4 Å². The number of rotatable bonds is 5. The molecule has 2 aliphatic heterocycles. The van der Waals surface area contributed by atoms with E-state index in [1.165, 1.54) is 5.57 Å². The van der Waals surface area contributed by atoms with E-state index in [1.807, 2.05) is 28.9 Å². The third-order valence-corrected chi connectivity index (χ3v) is 4.99. The number of aromatic nitrogens is 2. The SMILES string of the molecule is CCCCN1CCOCC1C(=O)N1CC=C(c2ccnn2C)CC1. The van der Waals surface area contributed by atoms with E-state index in [-0.39, 0.29) is 11.9 Å². The molecule has 0 spiro atoms. The summed E-state index contributed by atoms with van der Waals surface area (Å²) in [5.74, 6) is 0.214. The molecular weight excluding hydrogens is 304 g/mol. The summed E-state index contributed by atoms with van der Waals surface area (Å²) in [4.78, 5) is 17.2. The van der Waals surface area contributed by atoms with E-state index in [0.717, 1.165) is 51.2 Å². The first kappa shape index (κ1) is 17.2. The quantitative estimate of drug-likeness (QED) is 0.821. The van der Waals surface area contributed by atoms with Crippen LogP contribution < -0.4 is 0 Å². The highest BCUT2D eigenvalue weighted by atomic mass is 16.5. The maximum absolute atomic E-state index is 12.9. The summed E-state index contributed by atoms with van der Waals surface area (Å²) in [5.41, 5.74) is 2.43. The van der Waals surface area contributed by atoms with E-state index in [0.29, 0.717) is 13.2 Å². The van der Waals surface area contributed by atoms with Crippen LogP contribution in [-0.2, 0) is 16.6 Å². The zero-order chi connectivity index (χ0) is 16.9. The average molecular weight is 332 g/mol. The molecule has 6 nitrogen and oxygen atoms in total. The van der Waals surface area contributed by atoms with Gasteiger partial charge in [-0.2, -0.15) is 5.10 Å². The van der Waals surface area contributed by atoms with Crippen molar-refractivity contribution in [3.8, 4) is 0 Å². The van der Waals surface area contributed by atoms with Crippen LogP contribution >= 0.6 is 0 Å². The molecule has 0 N–H and O–H groups in total. The lowest BCUT2D eigenvalue weighted by atomic mass is 10.0. The lowest BCUT2D eigenvalue weighted by Crippen LogP contribution is -2.55. The lowest BCUT2D eigenvalue weighted by molar-refractivity contribution is -0.142. The Hall–Kier alpha value is -1.66. The number of carbonyl (C=O) groups is 1. The van der Waals surface area contributed by atoms with Crippen LogP contribution in [0.2, 0.25) is 0 Å². The van der Waals surface area contributed by atoms with E-state index < -0.39 is 0 Å². The molecule has 0 saturated carbocycles. The van der Waals surface area contributed by atoms with Gasteiger partial charge in [0.15, 0.2) is 0 Å². The van der Waals surface area contributed by atoms with Crippen LogP contribution in [0.25, 0.3) is 5.57 Å². The second kappa shape index (κ2) is 7.94. The van der Waals surface area contributed by atoms with Crippen LogP contribution in [0, 0.1) is 0 Å². The fourth-order valence-electron chi connectivity index (χ4n) is 3.50. The molecule has 3 rings (SSSR count). The summed E-state index contributed by atoms with van der Waals surface area (Å²) in [6, 6.07) is 1.92. The molecule has 1 fully saturated rings. The monoisotopic (exact) mass is 332 g/mol. The molecular formula is C18H28N4O2. The fourth-order valence-corrected chi connectivity index (χ4v) is 3.50. The molecule has 24 heavy (non-hydrogen) atoms. The number of ether oxygens (including phenoxy) is 1. The number of hydrogen-bond donors (Lipinski definition) is 0. The first-order chi connectivity index (χ1) is 11.7. The van der Waals surface area contributed by atoms with E-state index >= 15 is 0 Å². The zero-order valence-electron chi connectivity index (χ0n) is 14.8. The number of amides is 1. The van der Waals surface area contributed by atoms with Crippen LogP contribution in [0.3, 0.4) is 0 Å². The van der Waals surface area contributed by atoms with Gasteiger partial charge in [-0.25, -0.2) is 0 Å². The number of hydrogen-bond acceptors (Lipinski definition) is 4. The first-order valence-electron chi connectivity index (χ1n) is 8.98. The smallest absolute Gasteiger partial charge is 0.242 e. The molecule has 3 heterocycles. The Morgan fingerprint density at radius 3 is 2.96 bits per heavy atom. The number of morpholine rings is 1. The van der Waals surface area contributed by atoms with Gasteiger partial charge in [0, 0.05) is 32.9 Å². The molecule has 1 aromatic rings. The third kappa shape index (κ3) is 3.70. The maximum atomic E-state index is 12.9. The van der Waals surface area contributed by atoms with Gasteiger partial charge in [0.2, 0.25) is 5.91 Å². The van der Waals surface area contributed by atoms with Crippen LogP contribution in [0.1, 0.15) is 31.9 Å². The van der Waals surface area contributed by atoms with Crippen molar-refractivity contribution in [1.82, 2.24) is 19.6 Å². The summed E-state index contributed by atoms with van der Waals surface area (Å²) in [6.45, 7) is 6.74. The van der Waals surface area contributed by atoms with Gasteiger partial charge >= 0.3 is 0 Å². The minimum Gasteiger partial charge on any atom is -0.378 e. The molecule has 1 atom stereocenters. The molecule has 1 amide bonds. The fraction of sp³-hybridized carbons (Fsp3) is 0.667. The molecule has 0 radical (unpaired) electrons. The van der Waals surface area contributed by atoms with Crippen LogP contribution in [0.4, 0.5) is 0 Å². The molecule has 1 unspecified atom stereocenters. The Bertz CT molecular complexity index is 596. The van der Waals surface area contributed by atoms with Crippen LogP contribution in [-0.4, -0.2) is 70.9 Å². The highest BCUT2D eigenvalue weighted by molar-refractivity contribution is 5.83. The van der Waals surface area contributed by atoms with Gasteiger partial charge in [-0.3, -0.25) is 14.4 Å². The van der Waals surface area contributed by atoms with Crippen LogP contribution in [0.15, 0.2) is 18.3 Å². The van der Waals surface area contributed by atoms with Gasteiger partial charge in [-0.15, -0.1) is 0 Å². The number of aryl methyl sites for hydroxylation is 1. The summed E-state index contributed by atoms with van der Waals surface area (Å²) in [5, 5.41) is 4.23. The molecule has 6 heteroatoms. The van der Waals surface area contributed by atoms with Crippen molar-refractivity contribution in [2.24, 2.45) is 7.05 Å². The van der Waals surface area contributed by atoms with Crippen molar-refractivity contribution in [2.75, 3.05) is 39.4 Å². The Kier molecular flexibility index (Phi) is 5.68. The van der Waals surface area contributed by atoms with Crippen molar-refractivity contribution in [3.05, 3.63) is 24.0 Å². The largest absolute Gasteiger partial charge is 0.378 e. The van der Waals surface area contributed by atoms with Crippen molar-refractivity contribution in [1.29, 1.82) is 0 Å². The minimum atomic E-state index is -0.114. The van der Waals surface area contributed by atoms with E-state index in [4.69, 9.17) is 4.74 Å². The highest BCUT2D eigenvalue weighted by Crippen LogP contribution is 2.23. The van der Waals surface area contributed by atoms with Crippen molar-refractivity contribution < 1.29 is 9.53 Å². The van der Waals surface area contributed by atoms with Gasteiger partial charge in [0.05, 0.1) is 18.9 Å². The number of nitrogens with zero attached hydrogens (tertiary/aromatic N) is 4. The molecule has 0 bridgehead atoms. The lowest BCUT2D eigenvalue weighted by Gasteiger charge is -2.38. The molecule has 1 saturated heterocycles. The normalized spacial score (nSPS) is 22.5. The van der Waals surface area contributed by atoms with Gasteiger partial charge < -0.3 is 9.64 Å². The van der Waals surface area contributed by atoms with E-state index in [9.17, 15) is 4.79 Å². The average Bonchev–Trinajstić information content (AvgIpc) is 3.06. The second-order valence-corrected chi connectivity index (χ2v) is 6.58. The standard InChI is InChI=1S/C18H28N4O2/c1-3-4-9-21-12-13-24-14-17(21)18(23)22-10-6-15(7-11-22)16-5-8-19-20(16)2/h5-6,8,17H,3-4,7,9-14H2,1-2H3. The van der Waals surface area contributed by atoms with Crippen molar-refractivity contribution in [2.45, 2.75) is 32.2 Å². The zero-order valence-corrected chi connectivity index (χ0v) is 14.8. The topological polar surface area (TPSA) is 50.6 Å². The molecule has 2 aliphatic rings. The third-order valence-electron chi connectivity index (χ3n) is 4.99. The van der Waals surface area contributed by atoms with E-state index in [2.05, 4.69) is 23.0 Å². The number of carbonyl (C=O) groups excluding carboxylic acids is 1. The van der Waals surface area contributed by atoms with Crippen LogP contribution in [0.5, 0.6) is 0 Å². The summed E-state index contributed by atoms with van der Waals surface area (Å²) in [7, 11) is 1.96. The summed E-state index contributed by atoms with van der Waals surface area (Å²) in [6.07, 6.45) is 7.15. The first-order valence-corrected chi connectivity index (χ1v) is 8.98. The summed E-state index contributed by atoms with van der Waals surface area (Å²) >= 11 is 0. The predicted molar refractivity (Wildman–Crippen MR) is 93.5 cm³/mol. The van der Waals surface area contributed by atoms with Gasteiger partial charge in [-0.05, 0) is 31.0 Å². The molecule has 0 aromatic carbocycles. The Morgan fingerprint density at radius 2 is 2.29 bits per heavy atom. The Labute approximate surface area is 144 Å². The van der Waals surface area contributed by atoms with Gasteiger partial charge in [0.1, 0.15) is 6.04 Å². The summed E-state index contributed by atoms with van der Waals surface area (Å²) < 4.78 is 7.48. The Balaban J connectivity index is 1.63. The number of unbranched alkanes of at least 4 members (excludes halogenated alkanes) is 1. The predicted octanol–water partition coefficient (Wildman–Crippen LogP) is 1.54. The maximum Gasteiger partial charge on any atom is 0.242 e. The minimum absolute atomic E-state index is 0.114. The second-order valence-electron chi connectivity index (χ2n) is 6.58. The molecule has 0 aliphatic carbocycles. The van der Waals surface area contributed by atoms with Crippen molar-refractivity contribution >= 4 is 11.5 Å². The molecule has 132 valence electrons. The van der Waals surface area contributed by atoms with Crippen molar-refractivity contribution in [3.63, 3.8) is 0 Å².